The van der Waals surface area contributed by atoms with Gasteiger partial charge in [0.15, 0.2) is 0 Å². The maximum atomic E-state index is 11.0. The van der Waals surface area contributed by atoms with Crippen LogP contribution in [0.2, 0.25) is 0 Å². The molecule has 0 heterocycles. The molecule has 13 heavy (non-hydrogen) atoms. The molecule has 1 amide bonds. The van der Waals surface area contributed by atoms with E-state index in [0.29, 0.717) is 5.69 Å². The van der Waals surface area contributed by atoms with Crippen LogP contribution in [0.25, 0.3) is 0 Å². The van der Waals surface area contributed by atoms with Gasteiger partial charge in [0.2, 0.25) is 0 Å². The predicted molar refractivity (Wildman–Crippen MR) is 48.4 cm³/mol. The van der Waals surface area contributed by atoms with Crippen LogP contribution in [0.3, 0.4) is 0 Å². The number of phenols is 1. The van der Waals surface area contributed by atoms with Crippen LogP contribution < -0.4 is 5.32 Å². The Morgan fingerprint density at radius 1 is 1.38 bits per heavy atom. The zero-order valence-corrected chi connectivity index (χ0v) is 7.19. The number of hydrogen-bond donors (Lipinski definition) is 3. The summed E-state index contributed by atoms with van der Waals surface area (Å²) in [6.07, 6.45) is -1.03. The molecule has 0 saturated carbocycles. The highest BCUT2D eigenvalue weighted by atomic mass is 16.3. The number of hydrogen-bond acceptors (Lipinski definition) is 3. The van der Waals surface area contributed by atoms with Gasteiger partial charge in [-0.3, -0.25) is 4.79 Å². The monoisotopic (exact) mass is 181 g/mol. The van der Waals surface area contributed by atoms with Crippen molar-refractivity contribution in [2.75, 3.05) is 5.32 Å². The summed E-state index contributed by atoms with van der Waals surface area (Å²) in [6, 6.07) is 6.01. The lowest BCUT2D eigenvalue weighted by Gasteiger charge is -2.06. The summed E-state index contributed by atoms with van der Waals surface area (Å²) < 4.78 is 0. The normalized spacial score (nSPS) is 12.2. The number of amides is 1. The van der Waals surface area contributed by atoms with E-state index >= 15 is 0 Å². The Bertz CT molecular complexity index is 292. The molecule has 0 aliphatic heterocycles. The molecule has 0 unspecified atom stereocenters. The van der Waals surface area contributed by atoms with Gasteiger partial charge in [0, 0.05) is 5.69 Å². The van der Waals surface area contributed by atoms with Gasteiger partial charge in [-0.05, 0) is 31.2 Å². The van der Waals surface area contributed by atoms with Crippen LogP contribution in [-0.2, 0) is 4.79 Å². The molecule has 70 valence electrons. The molecule has 4 nitrogen and oxygen atoms in total. The molecule has 0 saturated heterocycles. The van der Waals surface area contributed by atoms with Crippen LogP contribution in [-0.4, -0.2) is 22.2 Å². The SMILES string of the molecule is C[C@H](O)C(=O)Nc1ccc(O)cc1. The fourth-order valence-corrected chi connectivity index (χ4v) is 0.791. The lowest BCUT2D eigenvalue weighted by atomic mass is 10.3. The minimum absolute atomic E-state index is 0.134. The number of rotatable bonds is 2. The van der Waals surface area contributed by atoms with Crippen molar-refractivity contribution >= 4 is 11.6 Å². The van der Waals surface area contributed by atoms with Gasteiger partial charge in [-0.25, -0.2) is 0 Å². The first-order chi connectivity index (χ1) is 6.09. The van der Waals surface area contributed by atoms with Gasteiger partial charge in [-0.2, -0.15) is 0 Å². The predicted octanol–water partition coefficient (Wildman–Crippen LogP) is 0.711. The maximum absolute atomic E-state index is 11.0. The van der Waals surface area contributed by atoms with Crippen molar-refractivity contribution in [1.29, 1.82) is 0 Å². The molecule has 0 radical (unpaired) electrons. The highest BCUT2D eigenvalue weighted by Crippen LogP contribution is 2.13. The summed E-state index contributed by atoms with van der Waals surface area (Å²) >= 11 is 0. The summed E-state index contributed by atoms with van der Waals surface area (Å²) in [7, 11) is 0. The number of carbonyl (C=O) groups is 1. The molecule has 0 fully saturated rings. The first kappa shape index (κ1) is 9.54. The van der Waals surface area contributed by atoms with E-state index in [0.717, 1.165) is 0 Å². The molecule has 0 spiro atoms. The van der Waals surface area contributed by atoms with E-state index in [-0.39, 0.29) is 5.75 Å². The van der Waals surface area contributed by atoms with Gasteiger partial charge in [0.25, 0.3) is 5.91 Å². The number of aliphatic hydroxyl groups excluding tert-OH is 1. The molecule has 1 aromatic rings. The van der Waals surface area contributed by atoms with E-state index in [1.165, 1.54) is 19.1 Å². The lowest BCUT2D eigenvalue weighted by molar-refractivity contribution is -0.123. The number of anilines is 1. The van der Waals surface area contributed by atoms with Crippen molar-refractivity contribution in [2.45, 2.75) is 13.0 Å². The number of benzene rings is 1. The van der Waals surface area contributed by atoms with Crippen molar-refractivity contribution in [1.82, 2.24) is 0 Å². The number of aliphatic hydroxyl groups is 1. The van der Waals surface area contributed by atoms with Crippen LogP contribution in [0.4, 0.5) is 5.69 Å². The van der Waals surface area contributed by atoms with Gasteiger partial charge in [-0.15, -0.1) is 0 Å². The molecule has 1 atom stereocenters. The second kappa shape index (κ2) is 3.91. The second-order valence-electron chi connectivity index (χ2n) is 2.71. The molecule has 1 aromatic carbocycles. The van der Waals surface area contributed by atoms with Gasteiger partial charge in [-0.1, -0.05) is 0 Å². The zero-order chi connectivity index (χ0) is 9.84. The molecule has 3 N–H and O–H groups in total. The molecule has 0 aliphatic rings. The van der Waals surface area contributed by atoms with E-state index < -0.39 is 12.0 Å². The third-order valence-corrected chi connectivity index (χ3v) is 1.51. The number of aromatic hydroxyl groups is 1. The Hall–Kier alpha value is -1.55. The number of nitrogens with one attached hydrogen (secondary N) is 1. The standard InChI is InChI=1S/C9H11NO3/c1-6(11)9(13)10-7-2-4-8(12)5-3-7/h2-6,11-12H,1H3,(H,10,13)/t6-/m0/s1. The zero-order valence-electron chi connectivity index (χ0n) is 7.19. The Kier molecular flexibility index (Phi) is 2.87. The second-order valence-corrected chi connectivity index (χ2v) is 2.71. The first-order valence-corrected chi connectivity index (χ1v) is 3.87. The van der Waals surface area contributed by atoms with Crippen LogP contribution in [0.1, 0.15) is 6.92 Å². The smallest absolute Gasteiger partial charge is 0.252 e. The highest BCUT2D eigenvalue weighted by Gasteiger charge is 2.07. The third kappa shape index (κ3) is 2.76. The van der Waals surface area contributed by atoms with E-state index in [4.69, 9.17) is 10.2 Å². The summed E-state index contributed by atoms with van der Waals surface area (Å²) in [6.45, 7) is 1.38. The van der Waals surface area contributed by atoms with Crippen LogP contribution in [0, 0.1) is 0 Å². The van der Waals surface area contributed by atoms with Crippen molar-refractivity contribution < 1.29 is 15.0 Å². The minimum atomic E-state index is -1.03. The summed E-state index contributed by atoms with van der Waals surface area (Å²) in [5, 5.41) is 20.3. The molecule has 4 heteroatoms. The van der Waals surface area contributed by atoms with Crippen molar-refractivity contribution in [2.24, 2.45) is 0 Å². The average molecular weight is 181 g/mol. The fraction of sp³-hybridized carbons (Fsp3) is 0.222. The molecule has 0 aromatic heterocycles. The first-order valence-electron chi connectivity index (χ1n) is 3.87. The van der Waals surface area contributed by atoms with Crippen LogP contribution in [0.5, 0.6) is 5.75 Å². The molecular formula is C9H11NO3. The maximum Gasteiger partial charge on any atom is 0.252 e. The van der Waals surface area contributed by atoms with Crippen LogP contribution >= 0.6 is 0 Å². The molecular weight excluding hydrogens is 170 g/mol. The largest absolute Gasteiger partial charge is 0.508 e. The van der Waals surface area contributed by atoms with E-state index in [1.807, 2.05) is 0 Å². The molecule has 0 aliphatic carbocycles. The van der Waals surface area contributed by atoms with Gasteiger partial charge < -0.3 is 15.5 Å². The van der Waals surface area contributed by atoms with Gasteiger partial charge in [0.1, 0.15) is 11.9 Å². The van der Waals surface area contributed by atoms with E-state index in [2.05, 4.69) is 5.32 Å². The van der Waals surface area contributed by atoms with Gasteiger partial charge >= 0.3 is 0 Å². The molecule has 0 bridgehead atoms. The Balaban J connectivity index is 2.65. The van der Waals surface area contributed by atoms with Crippen molar-refractivity contribution in [3.05, 3.63) is 24.3 Å². The van der Waals surface area contributed by atoms with E-state index in [9.17, 15) is 4.79 Å². The van der Waals surface area contributed by atoms with Gasteiger partial charge in [0.05, 0.1) is 0 Å². The summed E-state index contributed by atoms with van der Waals surface area (Å²) in [5.74, 6) is -0.333. The highest BCUT2D eigenvalue weighted by molar-refractivity contribution is 5.93. The molecule has 1 rings (SSSR count). The fourth-order valence-electron chi connectivity index (χ4n) is 0.791. The topological polar surface area (TPSA) is 69.6 Å². The Morgan fingerprint density at radius 3 is 2.38 bits per heavy atom. The Labute approximate surface area is 75.8 Å². The Morgan fingerprint density at radius 2 is 1.92 bits per heavy atom. The minimum Gasteiger partial charge on any atom is -0.508 e. The van der Waals surface area contributed by atoms with Crippen molar-refractivity contribution in [3.63, 3.8) is 0 Å². The number of carbonyl (C=O) groups excluding carboxylic acids is 1. The number of phenolic OH excluding ortho intramolecular Hbond substituents is 1. The van der Waals surface area contributed by atoms with Crippen LogP contribution in [0.15, 0.2) is 24.3 Å². The third-order valence-electron chi connectivity index (χ3n) is 1.51. The van der Waals surface area contributed by atoms with E-state index in [1.54, 1.807) is 12.1 Å². The summed E-state index contributed by atoms with van der Waals surface area (Å²) in [4.78, 5) is 11.0. The quantitative estimate of drug-likeness (QED) is 0.588. The summed E-state index contributed by atoms with van der Waals surface area (Å²) in [5.41, 5.74) is 0.545. The van der Waals surface area contributed by atoms with Crippen molar-refractivity contribution in [3.8, 4) is 5.75 Å². The average Bonchev–Trinajstić information content (AvgIpc) is 2.08. The lowest BCUT2D eigenvalue weighted by Crippen LogP contribution is -2.24.